The summed E-state index contributed by atoms with van der Waals surface area (Å²) in [6.07, 6.45) is 2.03. The number of guanidine groups is 1. The molecule has 0 amide bonds. The van der Waals surface area contributed by atoms with Crippen LogP contribution in [0, 0.1) is 5.92 Å². The highest BCUT2D eigenvalue weighted by atomic mass is 32.1. The van der Waals surface area contributed by atoms with E-state index in [2.05, 4.69) is 54.1 Å². The minimum Gasteiger partial charge on any atom is -0.493 e. The highest BCUT2D eigenvalue weighted by molar-refractivity contribution is 7.09. The lowest BCUT2D eigenvalue weighted by Gasteiger charge is -2.28. The summed E-state index contributed by atoms with van der Waals surface area (Å²) in [7, 11) is 0. The first-order valence-electron chi connectivity index (χ1n) is 9.05. The molecule has 2 heterocycles. The van der Waals surface area contributed by atoms with E-state index in [0.29, 0.717) is 5.92 Å². The van der Waals surface area contributed by atoms with Crippen molar-refractivity contribution >= 4 is 17.3 Å². The van der Waals surface area contributed by atoms with Gasteiger partial charge in [-0.15, -0.1) is 11.3 Å². The van der Waals surface area contributed by atoms with Crippen molar-refractivity contribution in [1.29, 1.82) is 0 Å². The summed E-state index contributed by atoms with van der Waals surface area (Å²) in [5.41, 5.74) is 1.21. The fraction of sp³-hybridized carbons (Fsp3) is 0.450. The van der Waals surface area contributed by atoms with Gasteiger partial charge in [0.1, 0.15) is 5.75 Å². The second-order valence-electron chi connectivity index (χ2n) is 6.48. The Labute approximate surface area is 154 Å². The third-order valence-corrected chi connectivity index (χ3v) is 5.20. The van der Waals surface area contributed by atoms with Crippen molar-refractivity contribution in [2.75, 3.05) is 19.7 Å². The molecule has 0 radical (unpaired) electrons. The molecule has 2 N–H and O–H groups in total. The number of hydrogen-bond donors (Lipinski definition) is 2. The van der Waals surface area contributed by atoms with Crippen molar-refractivity contribution in [2.24, 2.45) is 10.9 Å². The molecular weight excluding hydrogens is 330 g/mol. The highest BCUT2D eigenvalue weighted by Gasteiger charge is 2.21. The molecule has 0 aliphatic carbocycles. The van der Waals surface area contributed by atoms with E-state index in [0.717, 1.165) is 44.2 Å². The maximum Gasteiger partial charge on any atom is 0.191 e. The number of para-hydroxylation sites is 1. The number of nitrogens with one attached hydrogen (secondary N) is 2. The molecule has 0 saturated heterocycles. The van der Waals surface area contributed by atoms with Crippen LogP contribution in [0.1, 0.15) is 36.8 Å². The Hall–Kier alpha value is -2.01. The van der Waals surface area contributed by atoms with Crippen LogP contribution in [0.4, 0.5) is 0 Å². The number of rotatable bonds is 6. The zero-order valence-electron chi connectivity index (χ0n) is 15.0. The predicted octanol–water partition coefficient (Wildman–Crippen LogP) is 4.01. The summed E-state index contributed by atoms with van der Waals surface area (Å²) in [5, 5.41) is 9.10. The Morgan fingerprint density at radius 1 is 1.32 bits per heavy atom. The van der Waals surface area contributed by atoms with E-state index in [-0.39, 0.29) is 6.04 Å². The number of hydrogen-bond acceptors (Lipinski definition) is 3. The molecular formula is C20H27N3OS. The van der Waals surface area contributed by atoms with Gasteiger partial charge in [0.25, 0.3) is 0 Å². The largest absolute Gasteiger partial charge is 0.493 e. The first-order valence-corrected chi connectivity index (χ1v) is 9.93. The van der Waals surface area contributed by atoms with Gasteiger partial charge in [-0.2, -0.15) is 0 Å². The number of nitrogens with zero attached hydrogens (tertiary/aromatic N) is 1. The van der Waals surface area contributed by atoms with Crippen molar-refractivity contribution in [2.45, 2.75) is 32.7 Å². The lowest BCUT2D eigenvalue weighted by atomic mass is 10.0. The smallest absolute Gasteiger partial charge is 0.191 e. The summed E-state index contributed by atoms with van der Waals surface area (Å²) >= 11 is 1.82. The summed E-state index contributed by atoms with van der Waals surface area (Å²) in [6.45, 7) is 6.78. The van der Waals surface area contributed by atoms with E-state index >= 15 is 0 Å². The maximum atomic E-state index is 5.75. The van der Waals surface area contributed by atoms with Crippen molar-refractivity contribution < 1.29 is 4.74 Å². The number of benzene rings is 1. The standard InChI is InChI=1S/C20H27N3OS/c1-3-21-20(22-14-15(2)13-16-7-6-12-25-16)23-18-10-11-24-19-9-5-4-8-17(18)19/h4-9,12,15,18H,3,10-11,13-14H2,1-2H3,(H2,21,22,23). The lowest BCUT2D eigenvalue weighted by Crippen LogP contribution is -2.41. The van der Waals surface area contributed by atoms with Crippen LogP contribution in [0.15, 0.2) is 46.8 Å². The second kappa shape index (κ2) is 8.90. The molecule has 1 aliphatic heterocycles. The normalized spacial score (nSPS) is 18.2. The first kappa shape index (κ1) is 17.8. The summed E-state index contributed by atoms with van der Waals surface area (Å²) in [6, 6.07) is 12.8. The van der Waals surface area contributed by atoms with Crippen LogP contribution in [-0.4, -0.2) is 25.7 Å². The van der Waals surface area contributed by atoms with Gasteiger partial charge in [0.15, 0.2) is 5.96 Å². The number of ether oxygens (including phenoxy) is 1. The maximum absolute atomic E-state index is 5.75. The molecule has 1 aliphatic rings. The molecule has 25 heavy (non-hydrogen) atoms. The van der Waals surface area contributed by atoms with Crippen LogP contribution < -0.4 is 15.4 Å². The first-order chi connectivity index (χ1) is 12.3. The Morgan fingerprint density at radius 3 is 3.00 bits per heavy atom. The van der Waals surface area contributed by atoms with Crippen LogP contribution in [-0.2, 0) is 6.42 Å². The summed E-state index contributed by atoms with van der Waals surface area (Å²) < 4.78 is 5.75. The summed E-state index contributed by atoms with van der Waals surface area (Å²) in [4.78, 5) is 6.25. The molecule has 1 aromatic carbocycles. The minimum atomic E-state index is 0.246. The fourth-order valence-electron chi connectivity index (χ4n) is 3.06. The topological polar surface area (TPSA) is 45.7 Å². The predicted molar refractivity (Wildman–Crippen MR) is 106 cm³/mol. The molecule has 3 rings (SSSR count). The van der Waals surface area contributed by atoms with Gasteiger partial charge in [-0.25, -0.2) is 0 Å². The van der Waals surface area contributed by atoms with Crippen LogP contribution >= 0.6 is 11.3 Å². The molecule has 2 unspecified atom stereocenters. The van der Waals surface area contributed by atoms with Crippen LogP contribution in [0.2, 0.25) is 0 Å². The van der Waals surface area contributed by atoms with Gasteiger partial charge < -0.3 is 15.4 Å². The van der Waals surface area contributed by atoms with E-state index in [1.807, 2.05) is 23.5 Å². The molecule has 134 valence electrons. The van der Waals surface area contributed by atoms with Crippen molar-refractivity contribution in [3.05, 3.63) is 52.2 Å². The van der Waals surface area contributed by atoms with Gasteiger partial charge in [0, 0.05) is 30.0 Å². The number of aliphatic imine (C=N–C) groups is 1. The van der Waals surface area contributed by atoms with Gasteiger partial charge in [-0.3, -0.25) is 4.99 Å². The number of fused-ring (bicyclic) bond motifs is 1. The molecule has 1 aromatic heterocycles. The molecule has 0 bridgehead atoms. The average Bonchev–Trinajstić information content (AvgIpc) is 3.13. The molecule has 0 saturated carbocycles. The van der Waals surface area contributed by atoms with E-state index in [9.17, 15) is 0 Å². The van der Waals surface area contributed by atoms with E-state index in [1.165, 1.54) is 10.4 Å². The van der Waals surface area contributed by atoms with Crippen molar-refractivity contribution in [1.82, 2.24) is 10.6 Å². The molecule has 2 atom stereocenters. The molecule has 0 spiro atoms. The Bertz CT molecular complexity index is 684. The SMILES string of the molecule is CCNC(=NCC(C)Cc1cccs1)NC1CCOc2ccccc21. The van der Waals surface area contributed by atoms with Crippen molar-refractivity contribution in [3.8, 4) is 5.75 Å². The highest BCUT2D eigenvalue weighted by Crippen LogP contribution is 2.31. The van der Waals surface area contributed by atoms with Crippen LogP contribution in [0.5, 0.6) is 5.75 Å². The Balaban J connectivity index is 1.63. The average molecular weight is 358 g/mol. The van der Waals surface area contributed by atoms with Gasteiger partial charge in [0.2, 0.25) is 0 Å². The van der Waals surface area contributed by atoms with E-state index in [4.69, 9.17) is 9.73 Å². The van der Waals surface area contributed by atoms with E-state index in [1.54, 1.807) is 0 Å². The molecule has 4 nitrogen and oxygen atoms in total. The second-order valence-corrected chi connectivity index (χ2v) is 7.51. The Morgan fingerprint density at radius 2 is 2.20 bits per heavy atom. The van der Waals surface area contributed by atoms with Crippen LogP contribution in [0.25, 0.3) is 0 Å². The van der Waals surface area contributed by atoms with Crippen molar-refractivity contribution in [3.63, 3.8) is 0 Å². The third-order valence-electron chi connectivity index (χ3n) is 4.30. The Kier molecular flexibility index (Phi) is 6.34. The summed E-state index contributed by atoms with van der Waals surface area (Å²) in [5.74, 6) is 2.39. The van der Waals surface area contributed by atoms with E-state index < -0.39 is 0 Å². The van der Waals surface area contributed by atoms with Crippen LogP contribution in [0.3, 0.4) is 0 Å². The van der Waals surface area contributed by atoms with Gasteiger partial charge in [-0.1, -0.05) is 31.2 Å². The van der Waals surface area contributed by atoms with Gasteiger partial charge in [0.05, 0.1) is 12.6 Å². The van der Waals surface area contributed by atoms with Gasteiger partial charge in [-0.05, 0) is 36.8 Å². The van der Waals surface area contributed by atoms with Gasteiger partial charge >= 0.3 is 0 Å². The quantitative estimate of drug-likeness (QED) is 0.607. The lowest BCUT2D eigenvalue weighted by molar-refractivity contribution is 0.261. The molecule has 2 aromatic rings. The molecule has 5 heteroatoms. The zero-order valence-corrected chi connectivity index (χ0v) is 15.8. The monoisotopic (exact) mass is 357 g/mol. The fourth-order valence-corrected chi connectivity index (χ4v) is 3.93. The third kappa shape index (κ3) is 4.98. The zero-order chi connectivity index (χ0) is 17.5. The molecule has 0 fully saturated rings. The minimum absolute atomic E-state index is 0.246. The number of thiophene rings is 1.